The lowest BCUT2D eigenvalue weighted by molar-refractivity contribution is -0.148. The molecule has 0 aliphatic rings. The number of aliphatic hydroxyl groups excluding tert-OH is 1. The number of rotatable bonds is 16. The number of phenols is 4. The first-order valence-corrected chi connectivity index (χ1v) is 16.0. The fourth-order valence-electron chi connectivity index (χ4n) is 3.80. The van der Waals surface area contributed by atoms with E-state index in [1.807, 2.05) is 32.9 Å². The molecule has 3 aromatic carbocycles. The van der Waals surface area contributed by atoms with E-state index in [0.29, 0.717) is 24.3 Å². The van der Waals surface area contributed by atoms with Crippen molar-refractivity contribution >= 4 is 30.2 Å². The van der Waals surface area contributed by atoms with Crippen molar-refractivity contribution in [1.82, 2.24) is 0 Å². The highest BCUT2D eigenvalue weighted by molar-refractivity contribution is 5.79. The Hall–Kier alpha value is -5.36. The maximum absolute atomic E-state index is 12.0. The zero-order chi connectivity index (χ0) is 37.1. The van der Waals surface area contributed by atoms with Gasteiger partial charge in [-0.3, -0.25) is 9.59 Å². The van der Waals surface area contributed by atoms with Crippen molar-refractivity contribution in [2.75, 3.05) is 40.1 Å². The second-order valence-electron chi connectivity index (χ2n) is 9.97. The number of phenolic OH excluding ortho intramolecular Hbond substituents is 4. The maximum Gasteiger partial charge on any atom is 0.311 e. The van der Waals surface area contributed by atoms with Gasteiger partial charge in [0.2, 0.25) is 0 Å². The van der Waals surface area contributed by atoms with Gasteiger partial charge in [-0.1, -0.05) is 68.5 Å². The first-order valence-electron chi connectivity index (χ1n) is 16.0. The number of hydrogen-bond acceptors (Lipinski definition) is 11. The third-order valence-electron chi connectivity index (χ3n) is 6.10. The van der Waals surface area contributed by atoms with Crippen molar-refractivity contribution in [3.8, 4) is 28.7 Å². The number of carbonyl (C=O) groups is 2. The quantitative estimate of drug-likeness (QED) is 0.0352. The van der Waals surface area contributed by atoms with E-state index < -0.39 is 11.9 Å². The Morgan fingerprint density at radius 3 is 1.86 bits per heavy atom. The molecule has 0 spiro atoms. The molecule has 0 heterocycles. The third kappa shape index (κ3) is 19.5. The highest BCUT2D eigenvalue weighted by Gasteiger charge is 2.11. The molecule has 0 fully saturated rings. The van der Waals surface area contributed by atoms with Crippen molar-refractivity contribution in [1.29, 1.82) is 0 Å². The number of benzene rings is 3. The number of aliphatic hydroxyl groups is 1. The van der Waals surface area contributed by atoms with Crippen LogP contribution in [0.5, 0.6) is 28.7 Å². The van der Waals surface area contributed by atoms with E-state index in [2.05, 4.69) is 0 Å². The fourth-order valence-corrected chi connectivity index (χ4v) is 3.80. The molecule has 0 aliphatic heterocycles. The summed E-state index contributed by atoms with van der Waals surface area (Å²) in [6.45, 7) is 7.02. The van der Waals surface area contributed by atoms with Crippen molar-refractivity contribution < 1.29 is 54.1 Å². The van der Waals surface area contributed by atoms with Crippen molar-refractivity contribution in [2.24, 2.45) is 0 Å². The van der Waals surface area contributed by atoms with Gasteiger partial charge in [0.1, 0.15) is 35.4 Å². The van der Waals surface area contributed by atoms with Gasteiger partial charge < -0.3 is 44.5 Å². The summed E-state index contributed by atoms with van der Waals surface area (Å²) in [6.07, 6.45) is 12.1. The van der Waals surface area contributed by atoms with Gasteiger partial charge in [0.25, 0.3) is 0 Å². The van der Waals surface area contributed by atoms with Crippen LogP contribution in [0.1, 0.15) is 50.3 Å². The van der Waals surface area contributed by atoms with Crippen molar-refractivity contribution in [3.05, 3.63) is 107 Å². The van der Waals surface area contributed by atoms with E-state index in [0.717, 1.165) is 11.1 Å². The molecule has 0 aliphatic carbocycles. The molecule has 50 heavy (non-hydrogen) atoms. The molecule has 0 amide bonds. The minimum Gasteiger partial charge on any atom is -0.508 e. The van der Waals surface area contributed by atoms with Crippen molar-refractivity contribution in [2.45, 2.75) is 33.6 Å². The van der Waals surface area contributed by atoms with Gasteiger partial charge in [0, 0.05) is 19.2 Å². The van der Waals surface area contributed by atoms with Gasteiger partial charge >= 0.3 is 11.9 Å². The third-order valence-corrected chi connectivity index (χ3v) is 6.10. The summed E-state index contributed by atoms with van der Waals surface area (Å²) in [7, 11) is 1.56. The fraction of sp³-hybridized carbons (Fsp3) is 0.282. The average Bonchev–Trinajstić information content (AvgIpc) is 3.09. The monoisotopic (exact) mass is 692 g/mol. The molecule has 0 saturated carbocycles. The molecular formula is C39H48O11. The molecule has 11 nitrogen and oxygen atoms in total. The summed E-state index contributed by atoms with van der Waals surface area (Å²) in [4.78, 5) is 23.7. The minimum absolute atomic E-state index is 0.0235. The van der Waals surface area contributed by atoms with Crippen LogP contribution in [0.2, 0.25) is 0 Å². The van der Waals surface area contributed by atoms with Crippen LogP contribution in [0, 0.1) is 0 Å². The highest BCUT2D eigenvalue weighted by atomic mass is 16.6. The summed E-state index contributed by atoms with van der Waals surface area (Å²) >= 11 is 0. The Morgan fingerprint density at radius 1 is 0.660 bits per heavy atom. The number of methoxy groups -OCH3 is 1. The highest BCUT2D eigenvalue weighted by Crippen LogP contribution is 2.24. The van der Waals surface area contributed by atoms with E-state index in [-0.39, 0.29) is 61.4 Å². The van der Waals surface area contributed by atoms with Crippen LogP contribution in [-0.2, 0) is 23.8 Å². The molecule has 0 bridgehead atoms. The van der Waals surface area contributed by atoms with Crippen LogP contribution in [0.15, 0.2) is 90.5 Å². The largest absolute Gasteiger partial charge is 0.508 e. The number of ether oxygens (including phenoxy) is 4. The molecule has 11 heteroatoms. The standard InChI is InChI=1S/C23H30O8.C14H12O3.C2H6/c1-3-18(5-4-10-24)6-7-19-15-20(25)17-21(16-19)31-23(27)9-8-22(26)30-14-13-29-12-11-28-2;15-12-5-3-10(4-6-12)1-2-11-7-13(16)9-14(17)8-11;1-2/h3-7,15-17,24-25H,8-14H2,1-2H3;1-9,15-17H;1-2H3/b5-4-,7-6+,18-3+;2-1+;. The molecule has 0 atom stereocenters. The van der Waals surface area contributed by atoms with Crippen LogP contribution >= 0.6 is 0 Å². The second-order valence-corrected chi connectivity index (χ2v) is 9.97. The smallest absolute Gasteiger partial charge is 0.311 e. The number of allylic oxidation sites excluding steroid dienone is 4. The first-order chi connectivity index (χ1) is 24.1. The van der Waals surface area contributed by atoms with Crippen LogP contribution in [-0.4, -0.2) is 77.6 Å². The topological polar surface area (TPSA) is 172 Å². The zero-order valence-electron chi connectivity index (χ0n) is 29.0. The van der Waals surface area contributed by atoms with Crippen LogP contribution in [0.4, 0.5) is 0 Å². The van der Waals surface area contributed by atoms with Crippen LogP contribution in [0.25, 0.3) is 18.2 Å². The lowest BCUT2D eigenvalue weighted by Crippen LogP contribution is -2.15. The number of esters is 2. The van der Waals surface area contributed by atoms with Gasteiger partial charge in [-0.15, -0.1) is 0 Å². The van der Waals surface area contributed by atoms with Gasteiger partial charge in [-0.05, 0) is 65.6 Å². The number of carbonyl (C=O) groups excluding carboxylic acids is 2. The number of hydrogen-bond donors (Lipinski definition) is 5. The Bertz CT molecular complexity index is 1530. The zero-order valence-corrected chi connectivity index (χ0v) is 29.0. The predicted octanol–water partition coefficient (Wildman–Crippen LogP) is 6.79. The Kier molecular flexibility index (Phi) is 21.9. The number of aromatic hydroxyl groups is 4. The lowest BCUT2D eigenvalue weighted by atomic mass is 10.1. The molecule has 0 aromatic heterocycles. The Labute approximate surface area is 293 Å². The molecular weight excluding hydrogens is 644 g/mol. The van der Waals surface area contributed by atoms with Gasteiger partial charge in [-0.25, -0.2) is 0 Å². The molecule has 270 valence electrons. The first kappa shape index (κ1) is 42.7. The molecule has 0 unspecified atom stereocenters. The lowest BCUT2D eigenvalue weighted by Gasteiger charge is -2.07. The van der Waals surface area contributed by atoms with E-state index in [4.69, 9.17) is 29.2 Å². The van der Waals surface area contributed by atoms with Gasteiger partial charge in [0.15, 0.2) is 0 Å². The van der Waals surface area contributed by atoms with Crippen LogP contribution < -0.4 is 4.74 Å². The van der Waals surface area contributed by atoms with E-state index in [1.165, 1.54) is 18.2 Å². The van der Waals surface area contributed by atoms with Gasteiger partial charge in [-0.2, -0.15) is 0 Å². The molecule has 0 radical (unpaired) electrons. The van der Waals surface area contributed by atoms with Crippen LogP contribution in [0.3, 0.4) is 0 Å². The summed E-state index contributed by atoms with van der Waals surface area (Å²) in [5.41, 5.74) is 3.10. The predicted molar refractivity (Wildman–Crippen MR) is 194 cm³/mol. The normalized spacial score (nSPS) is 11.2. The summed E-state index contributed by atoms with van der Waals surface area (Å²) in [5.74, 6) is -0.776. The van der Waals surface area contributed by atoms with E-state index in [9.17, 15) is 24.9 Å². The molecule has 3 rings (SSSR count). The second kappa shape index (κ2) is 25.6. The molecule has 0 saturated heterocycles. The van der Waals surface area contributed by atoms with Gasteiger partial charge in [0.05, 0.1) is 39.3 Å². The van der Waals surface area contributed by atoms with E-state index >= 15 is 0 Å². The summed E-state index contributed by atoms with van der Waals surface area (Å²) in [5, 5.41) is 46.5. The minimum atomic E-state index is -0.617. The molecule has 3 aromatic rings. The average molecular weight is 693 g/mol. The summed E-state index contributed by atoms with van der Waals surface area (Å²) in [6, 6.07) is 15.5. The van der Waals surface area contributed by atoms with E-state index in [1.54, 1.807) is 80.0 Å². The van der Waals surface area contributed by atoms with Crippen molar-refractivity contribution in [3.63, 3.8) is 0 Å². The SMILES string of the molecule is C/C=C(\C=C/CO)/C=C/c1cc(O)cc(OC(=O)CCC(=O)OCCOCCOC)c1.CC.Oc1ccc(/C=C/c2cc(O)cc(O)c2)cc1. The molecule has 5 N–H and O–H groups in total. The maximum atomic E-state index is 12.0. The Balaban J connectivity index is 0.000000549. The Morgan fingerprint density at radius 2 is 1.24 bits per heavy atom. The summed E-state index contributed by atoms with van der Waals surface area (Å²) < 4.78 is 20.2.